The molecule has 0 saturated carbocycles. The SMILES string of the molecule is CC(C)NC(=O)N=NC(=O)OC(C)C. The maximum atomic E-state index is 10.9. The van der Waals surface area contributed by atoms with Crippen molar-refractivity contribution in [3.05, 3.63) is 0 Å². The minimum atomic E-state index is -0.862. The van der Waals surface area contributed by atoms with Crippen LogP contribution in [0.25, 0.3) is 0 Å². The lowest BCUT2D eigenvalue weighted by molar-refractivity contribution is 0.124. The van der Waals surface area contributed by atoms with Gasteiger partial charge in [-0.2, -0.15) is 0 Å². The highest BCUT2D eigenvalue weighted by Crippen LogP contribution is 1.93. The third-order valence-corrected chi connectivity index (χ3v) is 0.971. The van der Waals surface area contributed by atoms with Crippen molar-refractivity contribution in [2.75, 3.05) is 0 Å². The van der Waals surface area contributed by atoms with E-state index in [1.165, 1.54) is 0 Å². The molecular weight excluding hydrogens is 186 g/mol. The molecule has 1 N–H and O–H groups in total. The second-order valence-corrected chi connectivity index (χ2v) is 3.24. The first-order chi connectivity index (χ1) is 6.41. The quantitative estimate of drug-likeness (QED) is 0.694. The van der Waals surface area contributed by atoms with Crippen LogP contribution in [-0.4, -0.2) is 24.3 Å². The first kappa shape index (κ1) is 12.5. The van der Waals surface area contributed by atoms with Crippen molar-refractivity contribution in [1.82, 2.24) is 5.32 Å². The highest BCUT2D eigenvalue weighted by molar-refractivity contribution is 5.77. The Bertz CT molecular complexity index is 212. The molecular formula is C8H15N3O3. The van der Waals surface area contributed by atoms with Gasteiger partial charge in [0.1, 0.15) is 0 Å². The molecule has 0 aliphatic heterocycles. The fourth-order valence-corrected chi connectivity index (χ4v) is 0.587. The van der Waals surface area contributed by atoms with Crippen LogP contribution in [-0.2, 0) is 4.74 Å². The van der Waals surface area contributed by atoms with Crippen LogP contribution in [0.3, 0.4) is 0 Å². The van der Waals surface area contributed by atoms with Crippen LogP contribution in [0.5, 0.6) is 0 Å². The highest BCUT2D eigenvalue weighted by atomic mass is 16.6. The van der Waals surface area contributed by atoms with Gasteiger partial charge in [0.15, 0.2) is 0 Å². The summed E-state index contributed by atoms with van der Waals surface area (Å²) in [5.74, 6) is 0. The number of carbonyl (C=O) groups is 2. The molecule has 3 amide bonds. The lowest BCUT2D eigenvalue weighted by atomic mass is 10.4. The van der Waals surface area contributed by atoms with Gasteiger partial charge in [-0.05, 0) is 27.7 Å². The molecule has 6 nitrogen and oxygen atoms in total. The van der Waals surface area contributed by atoms with Crippen molar-refractivity contribution in [2.45, 2.75) is 39.8 Å². The van der Waals surface area contributed by atoms with E-state index in [1.54, 1.807) is 27.7 Å². The van der Waals surface area contributed by atoms with Gasteiger partial charge in [-0.15, -0.1) is 0 Å². The van der Waals surface area contributed by atoms with Gasteiger partial charge in [0, 0.05) is 6.04 Å². The van der Waals surface area contributed by atoms with Crippen molar-refractivity contribution < 1.29 is 14.3 Å². The molecule has 0 fully saturated rings. The van der Waals surface area contributed by atoms with Crippen LogP contribution in [0.1, 0.15) is 27.7 Å². The standard InChI is InChI=1S/C8H15N3O3/c1-5(2)9-7(12)10-11-8(13)14-6(3)4/h5-6H,1-4H3,(H,9,12). The summed E-state index contributed by atoms with van der Waals surface area (Å²) in [6, 6.07) is -0.691. The molecule has 0 radical (unpaired) electrons. The number of urea groups is 1. The summed E-state index contributed by atoms with van der Waals surface area (Å²) in [5, 5.41) is 8.63. The van der Waals surface area contributed by atoms with Crippen LogP contribution in [0.4, 0.5) is 9.59 Å². The fourth-order valence-electron chi connectivity index (χ4n) is 0.587. The van der Waals surface area contributed by atoms with Crippen molar-refractivity contribution in [3.63, 3.8) is 0 Å². The van der Waals surface area contributed by atoms with E-state index in [2.05, 4.69) is 20.3 Å². The van der Waals surface area contributed by atoms with Gasteiger partial charge in [-0.3, -0.25) is 0 Å². The van der Waals surface area contributed by atoms with Crippen LogP contribution < -0.4 is 5.32 Å². The van der Waals surface area contributed by atoms with E-state index >= 15 is 0 Å². The van der Waals surface area contributed by atoms with Crippen LogP contribution in [0, 0.1) is 0 Å². The van der Waals surface area contributed by atoms with Crippen LogP contribution in [0.2, 0.25) is 0 Å². The summed E-state index contributed by atoms with van der Waals surface area (Å²) in [5.41, 5.74) is 0. The number of ether oxygens (including phenoxy) is 1. The normalized spacial score (nSPS) is 11.0. The minimum Gasteiger partial charge on any atom is -0.444 e. The molecule has 0 bridgehead atoms. The molecule has 0 aromatic heterocycles. The van der Waals surface area contributed by atoms with E-state index < -0.39 is 12.1 Å². The van der Waals surface area contributed by atoms with Crippen molar-refractivity contribution >= 4 is 12.1 Å². The molecule has 0 aromatic rings. The Balaban J connectivity index is 3.92. The van der Waals surface area contributed by atoms with Crippen molar-refractivity contribution in [3.8, 4) is 0 Å². The number of nitrogens with zero attached hydrogens (tertiary/aromatic N) is 2. The molecule has 0 rings (SSSR count). The third kappa shape index (κ3) is 7.20. The zero-order valence-corrected chi connectivity index (χ0v) is 8.77. The summed E-state index contributed by atoms with van der Waals surface area (Å²) in [4.78, 5) is 21.6. The van der Waals surface area contributed by atoms with Crippen LogP contribution >= 0.6 is 0 Å². The summed E-state index contributed by atoms with van der Waals surface area (Å²) < 4.78 is 4.63. The molecule has 14 heavy (non-hydrogen) atoms. The van der Waals surface area contributed by atoms with Gasteiger partial charge in [-0.25, -0.2) is 9.59 Å². The predicted octanol–water partition coefficient (Wildman–Crippen LogP) is 2.10. The van der Waals surface area contributed by atoms with E-state index in [0.717, 1.165) is 0 Å². The van der Waals surface area contributed by atoms with Gasteiger partial charge in [-0.1, -0.05) is 10.2 Å². The highest BCUT2D eigenvalue weighted by Gasteiger charge is 2.05. The lowest BCUT2D eigenvalue weighted by Crippen LogP contribution is -2.27. The Morgan fingerprint density at radius 3 is 2.14 bits per heavy atom. The van der Waals surface area contributed by atoms with Gasteiger partial charge >= 0.3 is 12.1 Å². The maximum Gasteiger partial charge on any atom is 0.452 e. The molecule has 0 heterocycles. The predicted molar refractivity (Wildman–Crippen MR) is 50.1 cm³/mol. The van der Waals surface area contributed by atoms with Gasteiger partial charge in [0.25, 0.3) is 0 Å². The molecule has 0 atom stereocenters. The summed E-state index contributed by atoms with van der Waals surface area (Å²) in [6.07, 6.45) is -1.13. The molecule has 0 aliphatic carbocycles. The number of nitrogens with one attached hydrogen (secondary N) is 1. The first-order valence-corrected chi connectivity index (χ1v) is 4.34. The largest absolute Gasteiger partial charge is 0.452 e. The number of amides is 3. The van der Waals surface area contributed by atoms with E-state index in [0.29, 0.717) is 0 Å². The number of hydrogen-bond donors (Lipinski definition) is 1. The number of azo groups is 1. The summed E-state index contributed by atoms with van der Waals surface area (Å²) in [6.45, 7) is 6.92. The number of carbonyl (C=O) groups excluding carboxylic acids is 2. The Hall–Kier alpha value is -1.46. The zero-order chi connectivity index (χ0) is 11.1. The average Bonchev–Trinajstić information content (AvgIpc) is 1.98. The minimum absolute atomic E-state index is 0.0393. The van der Waals surface area contributed by atoms with Crippen LogP contribution in [0.15, 0.2) is 10.2 Å². The maximum absolute atomic E-state index is 10.9. The average molecular weight is 201 g/mol. The lowest BCUT2D eigenvalue weighted by Gasteiger charge is -2.03. The van der Waals surface area contributed by atoms with Gasteiger partial charge in [0.05, 0.1) is 6.10 Å². The molecule has 0 unspecified atom stereocenters. The zero-order valence-electron chi connectivity index (χ0n) is 8.77. The molecule has 6 heteroatoms. The Morgan fingerprint density at radius 2 is 1.71 bits per heavy atom. The molecule has 0 saturated heterocycles. The van der Waals surface area contributed by atoms with E-state index in [1.807, 2.05) is 0 Å². The topological polar surface area (TPSA) is 80.1 Å². The third-order valence-electron chi connectivity index (χ3n) is 0.971. The van der Waals surface area contributed by atoms with E-state index in [-0.39, 0.29) is 12.1 Å². The molecule has 0 aromatic carbocycles. The van der Waals surface area contributed by atoms with Gasteiger partial charge in [0.2, 0.25) is 0 Å². The smallest absolute Gasteiger partial charge is 0.444 e. The summed E-state index contributed by atoms with van der Waals surface area (Å²) in [7, 11) is 0. The molecule has 0 aliphatic rings. The Kier molecular flexibility index (Phi) is 5.43. The second-order valence-electron chi connectivity index (χ2n) is 3.24. The van der Waals surface area contributed by atoms with Gasteiger partial charge < -0.3 is 10.1 Å². The summed E-state index contributed by atoms with van der Waals surface area (Å²) >= 11 is 0. The monoisotopic (exact) mass is 201 g/mol. The Labute approximate surface area is 82.7 Å². The first-order valence-electron chi connectivity index (χ1n) is 4.34. The number of rotatable bonds is 2. The number of hydrogen-bond acceptors (Lipinski definition) is 3. The fraction of sp³-hybridized carbons (Fsp3) is 0.750. The molecule has 0 spiro atoms. The second kappa shape index (κ2) is 6.06. The van der Waals surface area contributed by atoms with E-state index in [9.17, 15) is 9.59 Å². The Morgan fingerprint density at radius 1 is 1.14 bits per heavy atom. The molecule has 80 valence electrons. The van der Waals surface area contributed by atoms with Crippen molar-refractivity contribution in [2.24, 2.45) is 10.2 Å². The van der Waals surface area contributed by atoms with E-state index in [4.69, 9.17) is 0 Å². The van der Waals surface area contributed by atoms with Crippen molar-refractivity contribution in [1.29, 1.82) is 0 Å².